The van der Waals surface area contributed by atoms with Crippen LogP contribution < -0.4 is 25.5 Å². The molecule has 0 saturated carbocycles. The highest BCUT2D eigenvalue weighted by atomic mass is 16.5. The van der Waals surface area contributed by atoms with Gasteiger partial charge in [-0.25, -0.2) is 5.43 Å². The molecular weight excluding hydrogens is 452 g/mol. The summed E-state index contributed by atoms with van der Waals surface area (Å²) in [7, 11) is 1.47. The number of anilines is 1. The molecule has 0 spiro atoms. The molecule has 1 aliphatic rings. The zero-order valence-corrected chi connectivity index (χ0v) is 20.1. The van der Waals surface area contributed by atoms with Gasteiger partial charge in [0.1, 0.15) is 0 Å². The van der Waals surface area contributed by atoms with E-state index >= 15 is 0 Å². The Kier molecular flexibility index (Phi) is 9.19. The Labute approximate surface area is 204 Å². The lowest BCUT2D eigenvalue weighted by Crippen LogP contribution is -2.41. The van der Waals surface area contributed by atoms with Crippen molar-refractivity contribution in [3.8, 4) is 11.5 Å². The Bertz CT molecular complexity index is 1100. The van der Waals surface area contributed by atoms with Gasteiger partial charge in [0, 0.05) is 18.8 Å². The summed E-state index contributed by atoms with van der Waals surface area (Å²) in [5.41, 5.74) is 5.59. The largest absolute Gasteiger partial charge is 0.493 e. The average molecular weight is 483 g/mol. The van der Waals surface area contributed by atoms with E-state index in [1.54, 1.807) is 18.2 Å². The number of carbonyl (C=O) groups is 3. The Hall–Kier alpha value is -3.92. The molecule has 0 unspecified atom stereocenters. The zero-order valence-electron chi connectivity index (χ0n) is 20.1. The minimum Gasteiger partial charge on any atom is -0.493 e. The predicted molar refractivity (Wildman–Crippen MR) is 131 cm³/mol. The number of aryl methyl sites for hydroxylation is 1. The molecule has 1 heterocycles. The molecule has 0 aliphatic carbocycles. The van der Waals surface area contributed by atoms with Crippen molar-refractivity contribution < 1.29 is 28.6 Å². The maximum atomic E-state index is 12.3. The van der Waals surface area contributed by atoms with Crippen molar-refractivity contribution in [3.05, 3.63) is 53.1 Å². The highest BCUT2D eigenvalue weighted by Crippen LogP contribution is 2.27. The van der Waals surface area contributed by atoms with E-state index in [4.69, 9.17) is 14.2 Å². The van der Waals surface area contributed by atoms with Crippen LogP contribution in [-0.2, 0) is 19.1 Å². The van der Waals surface area contributed by atoms with Gasteiger partial charge in [0.2, 0.25) is 0 Å². The maximum Gasteiger partial charge on any atom is 0.329 e. The second-order valence-electron chi connectivity index (χ2n) is 8.04. The van der Waals surface area contributed by atoms with Crippen LogP contribution in [0.4, 0.5) is 5.69 Å². The molecule has 3 amide bonds. The summed E-state index contributed by atoms with van der Waals surface area (Å²) in [6.45, 7) is 4.68. The zero-order chi connectivity index (χ0) is 25.2. The molecule has 10 nitrogen and oxygen atoms in total. The Morgan fingerprint density at radius 2 is 1.97 bits per heavy atom. The van der Waals surface area contributed by atoms with Crippen molar-refractivity contribution in [3.63, 3.8) is 0 Å². The van der Waals surface area contributed by atoms with Crippen molar-refractivity contribution in [1.82, 2.24) is 10.7 Å². The maximum absolute atomic E-state index is 12.3. The standard InChI is InChI=1S/C25H30N4O6/c1-16-6-4-8-20(17(16)2)28-23(30)15-35-21-10-9-18(12-22(21)33-3)13-27-29-25(32)24(31)26-14-19-7-5-11-34-19/h4,6,8-10,12-13,19H,5,7,11,14-15H2,1-3H3,(H,26,31)(H,28,30)(H,29,32)/b27-13-/t19-/m1/s1. The van der Waals surface area contributed by atoms with Crippen LogP contribution in [0.3, 0.4) is 0 Å². The van der Waals surface area contributed by atoms with Gasteiger partial charge in [-0.15, -0.1) is 0 Å². The minimum atomic E-state index is -0.874. The van der Waals surface area contributed by atoms with Crippen molar-refractivity contribution in [2.45, 2.75) is 32.8 Å². The van der Waals surface area contributed by atoms with Gasteiger partial charge in [0.25, 0.3) is 5.91 Å². The molecule has 2 aromatic rings. The summed E-state index contributed by atoms with van der Waals surface area (Å²) in [6.07, 6.45) is 3.12. The fraction of sp³-hybridized carbons (Fsp3) is 0.360. The number of hydrogen-bond donors (Lipinski definition) is 3. The third-order valence-electron chi connectivity index (χ3n) is 5.53. The topological polar surface area (TPSA) is 127 Å². The van der Waals surface area contributed by atoms with Crippen LogP contribution in [0, 0.1) is 13.8 Å². The highest BCUT2D eigenvalue weighted by molar-refractivity contribution is 6.35. The number of ether oxygens (including phenoxy) is 3. The van der Waals surface area contributed by atoms with Crippen LogP contribution in [0.25, 0.3) is 0 Å². The first-order valence-corrected chi connectivity index (χ1v) is 11.3. The van der Waals surface area contributed by atoms with Gasteiger partial charge < -0.3 is 24.8 Å². The number of rotatable bonds is 9. The van der Waals surface area contributed by atoms with Gasteiger partial charge in [0.05, 0.1) is 19.4 Å². The first kappa shape index (κ1) is 25.7. The van der Waals surface area contributed by atoms with Crippen LogP contribution in [0.2, 0.25) is 0 Å². The summed E-state index contributed by atoms with van der Waals surface area (Å²) in [5.74, 6) is -1.20. The fourth-order valence-corrected chi connectivity index (χ4v) is 3.41. The number of nitrogens with one attached hydrogen (secondary N) is 3. The number of methoxy groups -OCH3 is 1. The van der Waals surface area contributed by atoms with E-state index in [0.717, 1.165) is 29.7 Å². The van der Waals surface area contributed by atoms with Gasteiger partial charge in [0.15, 0.2) is 18.1 Å². The minimum absolute atomic E-state index is 0.0545. The molecule has 3 N–H and O–H groups in total. The molecule has 0 bridgehead atoms. The van der Waals surface area contributed by atoms with E-state index in [0.29, 0.717) is 23.7 Å². The number of carbonyl (C=O) groups excluding carboxylic acids is 3. The van der Waals surface area contributed by atoms with E-state index < -0.39 is 11.8 Å². The van der Waals surface area contributed by atoms with Crippen LogP contribution >= 0.6 is 0 Å². The van der Waals surface area contributed by atoms with E-state index in [1.807, 2.05) is 32.0 Å². The van der Waals surface area contributed by atoms with Crippen LogP contribution in [0.1, 0.15) is 29.5 Å². The van der Waals surface area contributed by atoms with Gasteiger partial charge in [-0.2, -0.15) is 5.10 Å². The lowest BCUT2D eigenvalue weighted by Gasteiger charge is -2.13. The summed E-state index contributed by atoms with van der Waals surface area (Å²) in [6, 6.07) is 10.6. The molecule has 186 valence electrons. The molecule has 0 radical (unpaired) electrons. The van der Waals surface area contributed by atoms with E-state index in [2.05, 4.69) is 21.2 Å². The number of benzene rings is 2. The molecule has 1 saturated heterocycles. The summed E-state index contributed by atoms with van der Waals surface area (Å²) in [4.78, 5) is 36.0. The highest BCUT2D eigenvalue weighted by Gasteiger charge is 2.19. The van der Waals surface area contributed by atoms with Crippen molar-refractivity contribution in [2.24, 2.45) is 5.10 Å². The first-order valence-electron chi connectivity index (χ1n) is 11.3. The molecule has 2 aromatic carbocycles. The van der Waals surface area contributed by atoms with E-state index in [1.165, 1.54) is 13.3 Å². The second kappa shape index (κ2) is 12.5. The quantitative estimate of drug-likeness (QED) is 0.285. The molecule has 35 heavy (non-hydrogen) atoms. The SMILES string of the molecule is COc1cc(/C=N\NC(=O)C(=O)NC[C@H]2CCCO2)ccc1OCC(=O)Nc1cccc(C)c1C. The predicted octanol–water partition coefficient (Wildman–Crippen LogP) is 2.07. The number of hydrazone groups is 1. The third kappa shape index (κ3) is 7.54. The summed E-state index contributed by atoms with van der Waals surface area (Å²) >= 11 is 0. The molecule has 10 heteroatoms. The first-order chi connectivity index (χ1) is 16.9. The van der Waals surface area contributed by atoms with Crippen molar-refractivity contribution in [1.29, 1.82) is 0 Å². The smallest absolute Gasteiger partial charge is 0.329 e. The molecule has 1 aliphatic heterocycles. The number of hydrogen-bond acceptors (Lipinski definition) is 7. The molecule has 0 aromatic heterocycles. The molecule has 1 fully saturated rings. The number of nitrogens with zero attached hydrogens (tertiary/aromatic N) is 1. The van der Waals surface area contributed by atoms with Crippen LogP contribution in [0.15, 0.2) is 41.5 Å². The average Bonchev–Trinajstić information content (AvgIpc) is 3.38. The Balaban J connectivity index is 1.49. The lowest BCUT2D eigenvalue weighted by molar-refractivity contribution is -0.139. The lowest BCUT2D eigenvalue weighted by atomic mass is 10.1. The normalized spacial score (nSPS) is 15.0. The summed E-state index contributed by atoms with van der Waals surface area (Å²) in [5, 5.41) is 9.17. The van der Waals surface area contributed by atoms with Gasteiger partial charge in [-0.1, -0.05) is 12.1 Å². The second-order valence-corrected chi connectivity index (χ2v) is 8.04. The van der Waals surface area contributed by atoms with Gasteiger partial charge >= 0.3 is 11.8 Å². The third-order valence-corrected chi connectivity index (χ3v) is 5.53. The van der Waals surface area contributed by atoms with E-state index in [-0.39, 0.29) is 25.2 Å². The van der Waals surface area contributed by atoms with Gasteiger partial charge in [-0.3, -0.25) is 14.4 Å². The fourth-order valence-electron chi connectivity index (χ4n) is 3.41. The van der Waals surface area contributed by atoms with Crippen LogP contribution in [0.5, 0.6) is 11.5 Å². The van der Waals surface area contributed by atoms with Crippen LogP contribution in [-0.4, -0.2) is 56.9 Å². The number of amides is 3. The van der Waals surface area contributed by atoms with E-state index in [9.17, 15) is 14.4 Å². The molecule has 1 atom stereocenters. The van der Waals surface area contributed by atoms with Crippen molar-refractivity contribution in [2.75, 3.05) is 32.2 Å². The van der Waals surface area contributed by atoms with Crippen molar-refractivity contribution >= 4 is 29.6 Å². The molecular formula is C25H30N4O6. The monoisotopic (exact) mass is 482 g/mol. The Morgan fingerprint density at radius 3 is 2.71 bits per heavy atom. The van der Waals surface area contributed by atoms with Gasteiger partial charge in [-0.05, 0) is 67.6 Å². The Morgan fingerprint density at radius 1 is 1.14 bits per heavy atom. The molecule has 3 rings (SSSR count). The summed E-state index contributed by atoms with van der Waals surface area (Å²) < 4.78 is 16.4.